The van der Waals surface area contributed by atoms with E-state index in [1.165, 1.54) is 6.20 Å². The minimum absolute atomic E-state index is 0.0673. The predicted molar refractivity (Wildman–Crippen MR) is 84.9 cm³/mol. The van der Waals surface area contributed by atoms with Crippen LogP contribution in [0.15, 0.2) is 59.8 Å². The lowest BCUT2D eigenvalue weighted by Gasteiger charge is -2.03. The molecule has 0 atom stereocenters. The van der Waals surface area contributed by atoms with Crippen molar-refractivity contribution in [2.45, 2.75) is 4.90 Å². The molecule has 0 bridgehead atoms. The number of para-hydroxylation sites is 1. The lowest BCUT2D eigenvalue weighted by Crippen LogP contribution is -2.08. The second-order valence-corrected chi connectivity index (χ2v) is 6.50. The van der Waals surface area contributed by atoms with Gasteiger partial charge in [0.15, 0.2) is 0 Å². The molecule has 0 radical (unpaired) electrons. The Balaban J connectivity index is 2.21. The van der Waals surface area contributed by atoms with Gasteiger partial charge in [-0.25, -0.2) is 4.98 Å². The Bertz CT molecular complexity index is 892. The van der Waals surface area contributed by atoms with Gasteiger partial charge < -0.3 is 0 Å². The molecular formula is C15H13ClN2O3S. The third kappa shape index (κ3) is 2.72. The zero-order chi connectivity index (χ0) is 15.6. The van der Waals surface area contributed by atoms with Crippen LogP contribution in [0.2, 0.25) is 0 Å². The first-order valence-corrected chi connectivity index (χ1v) is 8.54. The second kappa shape index (κ2) is 6.08. The maximum absolute atomic E-state index is 12.3. The number of hydrogen-bond acceptors (Lipinski definition) is 4. The zero-order valence-electron chi connectivity index (χ0n) is 11.5. The van der Waals surface area contributed by atoms with E-state index in [4.69, 9.17) is 15.8 Å². The van der Waals surface area contributed by atoms with Gasteiger partial charge in [-0.1, -0.05) is 18.2 Å². The van der Waals surface area contributed by atoms with Gasteiger partial charge in [0.1, 0.15) is 10.5 Å². The molecule has 0 aliphatic heterocycles. The molecule has 2 aromatic heterocycles. The zero-order valence-corrected chi connectivity index (χ0v) is 13.1. The summed E-state index contributed by atoms with van der Waals surface area (Å²) in [5, 5.41) is 0.515. The van der Waals surface area contributed by atoms with Gasteiger partial charge in [0, 0.05) is 29.3 Å². The largest absolute Gasteiger partial charge is 0.300 e. The van der Waals surface area contributed by atoms with Crippen LogP contribution in [0.3, 0.4) is 0 Å². The average Bonchev–Trinajstić information content (AvgIpc) is 2.94. The maximum atomic E-state index is 12.3. The van der Waals surface area contributed by atoms with E-state index in [2.05, 4.69) is 4.98 Å². The summed E-state index contributed by atoms with van der Waals surface area (Å²) in [5.41, 5.74) is 1.38. The Morgan fingerprint density at radius 2 is 1.91 bits per heavy atom. The molecule has 0 unspecified atom stereocenters. The molecule has 5 nitrogen and oxygen atoms in total. The van der Waals surface area contributed by atoms with Crippen LogP contribution in [0.4, 0.5) is 0 Å². The molecule has 0 spiro atoms. The van der Waals surface area contributed by atoms with E-state index < -0.39 is 10.1 Å². The predicted octanol–water partition coefficient (Wildman–Crippen LogP) is 2.97. The first kappa shape index (κ1) is 15.0. The lowest BCUT2D eigenvalue weighted by molar-refractivity contribution is 0.340. The van der Waals surface area contributed by atoms with Crippen LogP contribution < -0.4 is 0 Å². The molecule has 0 fully saturated rings. The number of aromatic nitrogens is 2. The highest BCUT2D eigenvalue weighted by molar-refractivity contribution is 7.87. The SMILES string of the molecule is O=S(=O)(OCCCl)c1cn(-c2ccccc2)c2ncccc12. The van der Waals surface area contributed by atoms with E-state index in [1.54, 1.807) is 22.9 Å². The molecule has 3 aromatic rings. The number of halogens is 1. The van der Waals surface area contributed by atoms with E-state index in [1.807, 2.05) is 30.3 Å². The third-order valence-corrected chi connectivity index (χ3v) is 4.64. The highest BCUT2D eigenvalue weighted by Crippen LogP contribution is 2.27. The molecule has 1 aromatic carbocycles. The summed E-state index contributed by atoms with van der Waals surface area (Å²) in [6.07, 6.45) is 3.15. The van der Waals surface area contributed by atoms with Crippen LogP contribution >= 0.6 is 11.6 Å². The van der Waals surface area contributed by atoms with Crippen molar-refractivity contribution in [1.82, 2.24) is 9.55 Å². The fourth-order valence-electron chi connectivity index (χ4n) is 2.22. The number of fused-ring (bicyclic) bond motifs is 1. The highest BCUT2D eigenvalue weighted by Gasteiger charge is 2.22. The van der Waals surface area contributed by atoms with Gasteiger partial charge in [-0.3, -0.25) is 8.75 Å². The molecule has 0 saturated carbocycles. The molecule has 0 amide bonds. The van der Waals surface area contributed by atoms with Crippen LogP contribution in [0, 0.1) is 0 Å². The van der Waals surface area contributed by atoms with Crippen LogP contribution in [-0.2, 0) is 14.3 Å². The minimum atomic E-state index is -3.88. The summed E-state index contributed by atoms with van der Waals surface area (Å²) in [6.45, 7) is -0.0673. The number of pyridine rings is 1. The lowest BCUT2D eigenvalue weighted by atomic mass is 10.3. The summed E-state index contributed by atoms with van der Waals surface area (Å²) in [6, 6.07) is 12.8. The molecule has 2 heterocycles. The minimum Gasteiger partial charge on any atom is -0.300 e. The van der Waals surface area contributed by atoms with Gasteiger partial charge >= 0.3 is 0 Å². The third-order valence-electron chi connectivity index (χ3n) is 3.15. The highest BCUT2D eigenvalue weighted by atomic mass is 35.5. The monoisotopic (exact) mass is 336 g/mol. The van der Waals surface area contributed by atoms with Crippen molar-refractivity contribution in [2.24, 2.45) is 0 Å². The standard InChI is InChI=1S/C15H13ClN2O3S/c16-8-10-21-22(19,20)14-11-18(12-5-2-1-3-6-12)15-13(14)7-4-9-17-15/h1-7,9,11H,8,10H2. The van der Waals surface area contributed by atoms with Crippen LogP contribution in [0.25, 0.3) is 16.7 Å². The number of nitrogens with zero attached hydrogens (tertiary/aromatic N) is 2. The number of hydrogen-bond donors (Lipinski definition) is 0. The summed E-state index contributed by atoms with van der Waals surface area (Å²) < 4.78 is 31.3. The van der Waals surface area contributed by atoms with E-state index in [0.29, 0.717) is 11.0 Å². The van der Waals surface area contributed by atoms with Gasteiger partial charge in [-0.2, -0.15) is 8.42 Å². The van der Waals surface area contributed by atoms with Crippen molar-refractivity contribution in [3.05, 3.63) is 54.9 Å². The Hall–Kier alpha value is -1.89. The van der Waals surface area contributed by atoms with E-state index in [-0.39, 0.29) is 17.4 Å². The smallest absolute Gasteiger partial charge is 0.299 e. The molecular weight excluding hydrogens is 324 g/mol. The van der Waals surface area contributed by atoms with Crippen molar-refractivity contribution < 1.29 is 12.6 Å². The maximum Gasteiger partial charge on any atom is 0.299 e. The average molecular weight is 337 g/mol. The van der Waals surface area contributed by atoms with Gasteiger partial charge in [0.25, 0.3) is 10.1 Å². The molecule has 0 N–H and O–H groups in total. The van der Waals surface area contributed by atoms with Gasteiger partial charge in [-0.15, -0.1) is 11.6 Å². The molecule has 22 heavy (non-hydrogen) atoms. The van der Waals surface area contributed by atoms with Crippen molar-refractivity contribution in [3.63, 3.8) is 0 Å². The first-order valence-electron chi connectivity index (χ1n) is 6.60. The van der Waals surface area contributed by atoms with E-state index in [0.717, 1.165) is 5.69 Å². The number of benzene rings is 1. The Kier molecular flexibility index (Phi) is 4.15. The number of rotatable bonds is 5. The topological polar surface area (TPSA) is 61.2 Å². The molecule has 3 rings (SSSR count). The summed E-state index contributed by atoms with van der Waals surface area (Å²) in [4.78, 5) is 4.38. The van der Waals surface area contributed by atoms with Crippen LogP contribution in [0.5, 0.6) is 0 Å². The Morgan fingerprint density at radius 1 is 1.14 bits per heavy atom. The number of alkyl halides is 1. The summed E-state index contributed by atoms with van der Waals surface area (Å²) >= 11 is 5.51. The van der Waals surface area contributed by atoms with Crippen LogP contribution in [-0.4, -0.2) is 30.5 Å². The van der Waals surface area contributed by atoms with Gasteiger partial charge in [-0.05, 0) is 24.3 Å². The molecule has 0 saturated heterocycles. The van der Waals surface area contributed by atoms with E-state index in [9.17, 15) is 8.42 Å². The Morgan fingerprint density at radius 3 is 2.64 bits per heavy atom. The van der Waals surface area contributed by atoms with E-state index >= 15 is 0 Å². The molecule has 114 valence electrons. The normalized spacial score (nSPS) is 11.9. The molecule has 0 aliphatic carbocycles. The fourth-order valence-corrected chi connectivity index (χ4v) is 3.48. The molecule has 0 aliphatic rings. The molecule has 7 heteroatoms. The van der Waals surface area contributed by atoms with Crippen molar-refractivity contribution >= 4 is 32.8 Å². The second-order valence-electron chi connectivity index (χ2n) is 4.54. The first-order chi connectivity index (χ1) is 10.6. The summed E-state index contributed by atoms with van der Waals surface area (Å²) in [7, 11) is -3.88. The fraction of sp³-hybridized carbons (Fsp3) is 0.133. The van der Waals surface area contributed by atoms with Gasteiger partial charge in [0.2, 0.25) is 0 Å². The Labute approximate surface area is 133 Å². The van der Waals surface area contributed by atoms with Crippen LogP contribution in [0.1, 0.15) is 0 Å². The quantitative estimate of drug-likeness (QED) is 0.531. The van der Waals surface area contributed by atoms with Crippen molar-refractivity contribution in [1.29, 1.82) is 0 Å². The van der Waals surface area contributed by atoms with Gasteiger partial charge in [0.05, 0.1) is 6.61 Å². The van der Waals surface area contributed by atoms with Crippen molar-refractivity contribution in [3.8, 4) is 5.69 Å². The van der Waals surface area contributed by atoms with Crippen molar-refractivity contribution in [2.75, 3.05) is 12.5 Å². The summed E-state index contributed by atoms with van der Waals surface area (Å²) in [5.74, 6) is 0.106.